The Balaban J connectivity index is 1.45. The average Bonchev–Trinajstić information content (AvgIpc) is 3.03. The summed E-state index contributed by atoms with van der Waals surface area (Å²) in [5, 5.41) is 12.6. The zero-order valence-electron chi connectivity index (χ0n) is 23.2. The molecule has 0 bridgehead atoms. The molecule has 13 heteroatoms. The molecule has 0 aromatic heterocycles. The first-order chi connectivity index (χ1) is 20.8. The summed E-state index contributed by atoms with van der Waals surface area (Å²) < 4.78 is 15.6. The Labute approximate surface area is 247 Å². The van der Waals surface area contributed by atoms with E-state index in [1.54, 1.807) is 66.7 Å². The van der Waals surface area contributed by atoms with Crippen molar-refractivity contribution < 1.29 is 38.2 Å². The van der Waals surface area contributed by atoms with Crippen molar-refractivity contribution in [2.45, 2.75) is 24.7 Å². The summed E-state index contributed by atoms with van der Waals surface area (Å²) in [4.78, 5) is 63.5. The van der Waals surface area contributed by atoms with E-state index in [1.165, 1.54) is 19.2 Å². The van der Waals surface area contributed by atoms with Crippen molar-refractivity contribution in [2.75, 3.05) is 20.2 Å². The number of alkyl carbamates (subject to hydrolysis) is 1. The van der Waals surface area contributed by atoms with Crippen LogP contribution in [0, 0.1) is 0 Å². The second kappa shape index (κ2) is 14.9. The molecule has 1 aliphatic heterocycles. The van der Waals surface area contributed by atoms with Crippen molar-refractivity contribution in [1.82, 2.24) is 26.6 Å². The van der Waals surface area contributed by atoms with Crippen LogP contribution in [0.15, 0.2) is 84.9 Å². The molecule has 3 unspecified atom stereocenters. The Kier molecular flexibility index (Phi) is 10.5. The summed E-state index contributed by atoms with van der Waals surface area (Å²) >= 11 is 0. The van der Waals surface area contributed by atoms with Gasteiger partial charge in [-0.25, -0.2) is 9.59 Å². The van der Waals surface area contributed by atoms with Crippen LogP contribution < -0.4 is 36.1 Å². The van der Waals surface area contributed by atoms with Gasteiger partial charge in [-0.05, 0) is 35.4 Å². The Morgan fingerprint density at radius 2 is 1.49 bits per heavy atom. The highest BCUT2D eigenvalue weighted by atomic mass is 16.6. The number of hydrogen-bond acceptors (Lipinski definition) is 8. The summed E-state index contributed by atoms with van der Waals surface area (Å²) in [5.74, 6) is -0.986. The molecule has 5 N–H and O–H groups in total. The number of nitrogens with one attached hydrogen (secondary N) is 5. The van der Waals surface area contributed by atoms with E-state index in [-0.39, 0.29) is 24.8 Å². The molecule has 1 aliphatic rings. The SMILES string of the molecule is COc1ccc(OC(=O)NCC(NC(=O)OCc2ccccc2)C(=O)NC(C(=O)NC2CNC2=O)c2ccccc2)cc1. The molecule has 4 rings (SSSR count). The lowest BCUT2D eigenvalue weighted by atomic mass is 10.0. The zero-order chi connectivity index (χ0) is 30.6. The van der Waals surface area contributed by atoms with Crippen LogP contribution in [0.3, 0.4) is 0 Å². The molecule has 224 valence electrons. The van der Waals surface area contributed by atoms with Crippen molar-refractivity contribution in [3.63, 3.8) is 0 Å². The van der Waals surface area contributed by atoms with Gasteiger partial charge in [0.25, 0.3) is 0 Å². The van der Waals surface area contributed by atoms with Crippen molar-refractivity contribution in [1.29, 1.82) is 0 Å². The molecule has 13 nitrogen and oxygen atoms in total. The Morgan fingerprint density at radius 3 is 2.09 bits per heavy atom. The minimum atomic E-state index is -1.38. The number of carbonyl (C=O) groups excluding carboxylic acids is 5. The molecule has 3 aromatic rings. The Morgan fingerprint density at radius 1 is 0.837 bits per heavy atom. The van der Waals surface area contributed by atoms with Gasteiger partial charge in [0, 0.05) is 6.54 Å². The van der Waals surface area contributed by atoms with E-state index < -0.39 is 48.7 Å². The highest BCUT2D eigenvalue weighted by molar-refractivity contribution is 5.96. The minimum absolute atomic E-state index is 0.0630. The van der Waals surface area contributed by atoms with Crippen molar-refractivity contribution in [3.8, 4) is 11.5 Å². The number of rotatable bonds is 12. The Bertz CT molecular complexity index is 1420. The summed E-state index contributed by atoms with van der Waals surface area (Å²) in [6.07, 6.45) is -1.82. The largest absolute Gasteiger partial charge is 0.497 e. The molecule has 0 aliphatic carbocycles. The van der Waals surface area contributed by atoms with Crippen molar-refractivity contribution in [2.24, 2.45) is 0 Å². The molecule has 3 aromatic carbocycles. The number of methoxy groups -OCH3 is 1. The smallest absolute Gasteiger partial charge is 0.412 e. The van der Waals surface area contributed by atoms with Gasteiger partial charge < -0.3 is 40.8 Å². The standard InChI is InChI=1S/C30H31N5O8/c1-41-21-12-14-22(15-13-21)43-29(39)32-17-24(34-30(40)42-18-19-8-4-2-5-9-19)27(37)35-25(20-10-6-3-7-11-20)28(38)33-23-16-31-26(23)36/h2-15,23-25H,16-18H2,1H3,(H,31,36)(H,32,39)(H,33,38)(H,34,40)(H,35,37). The molecule has 0 radical (unpaired) electrons. The fraction of sp³-hybridized carbons (Fsp3) is 0.233. The lowest BCUT2D eigenvalue weighted by molar-refractivity contribution is -0.135. The van der Waals surface area contributed by atoms with Crippen LogP contribution >= 0.6 is 0 Å². The van der Waals surface area contributed by atoms with Gasteiger partial charge in [0.1, 0.15) is 36.2 Å². The second-order valence-corrected chi connectivity index (χ2v) is 9.36. The van der Waals surface area contributed by atoms with Crippen LogP contribution in [0.5, 0.6) is 11.5 Å². The molecular formula is C30H31N5O8. The molecule has 43 heavy (non-hydrogen) atoms. The van der Waals surface area contributed by atoms with Gasteiger partial charge in [-0.15, -0.1) is 0 Å². The van der Waals surface area contributed by atoms with E-state index in [0.29, 0.717) is 11.3 Å². The van der Waals surface area contributed by atoms with Gasteiger partial charge in [-0.2, -0.15) is 0 Å². The predicted octanol–water partition coefficient (Wildman–Crippen LogP) is 1.55. The normalized spacial score (nSPS) is 14.9. The molecule has 0 spiro atoms. The minimum Gasteiger partial charge on any atom is -0.497 e. The van der Waals surface area contributed by atoms with Gasteiger partial charge >= 0.3 is 12.2 Å². The maximum Gasteiger partial charge on any atom is 0.412 e. The third kappa shape index (κ3) is 8.95. The van der Waals surface area contributed by atoms with E-state index in [9.17, 15) is 24.0 Å². The lowest BCUT2D eigenvalue weighted by Crippen LogP contribution is -2.63. The van der Waals surface area contributed by atoms with Crippen LogP contribution in [0.4, 0.5) is 9.59 Å². The number of hydrogen-bond donors (Lipinski definition) is 5. The maximum atomic E-state index is 13.5. The quantitative estimate of drug-likeness (QED) is 0.198. The summed E-state index contributed by atoms with van der Waals surface area (Å²) in [6, 6.07) is 20.2. The van der Waals surface area contributed by atoms with Crippen LogP contribution in [0.1, 0.15) is 17.2 Å². The van der Waals surface area contributed by atoms with Crippen molar-refractivity contribution in [3.05, 3.63) is 96.1 Å². The highest BCUT2D eigenvalue weighted by Crippen LogP contribution is 2.17. The van der Waals surface area contributed by atoms with Gasteiger partial charge in [0.05, 0.1) is 13.7 Å². The van der Waals surface area contributed by atoms with Gasteiger partial charge in [0.2, 0.25) is 17.7 Å². The number of β-lactam (4-membered cyclic amide) rings is 1. The molecule has 1 heterocycles. The fourth-order valence-corrected chi connectivity index (χ4v) is 3.94. The number of ether oxygens (including phenoxy) is 3. The van der Waals surface area contributed by atoms with E-state index in [1.807, 2.05) is 6.07 Å². The van der Waals surface area contributed by atoms with Crippen LogP contribution in [0.25, 0.3) is 0 Å². The van der Waals surface area contributed by atoms with Crippen LogP contribution in [-0.2, 0) is 25.7 Å². The summed E-state index contributed by atoms with van der Waals surface area (Å²) in [6.45, 7) is -0.209. The molecule has 0 saturated carbocycles. The third-order valence-corrected chi connectivity index (χ3v) is 6.34. The van der Waals surface area contributed by atoms with E-state index in [4.69, 9.17) is 14.2 Å². The summed E-state index contributed by atoms with van der Waals surface area (Å²) in [7, 11) is 1.50. The molecule has 1 fully saturated rings. The zero-order valence-corrected chi connectivity index (χ0v) is 23.2. The molecular weight excluding hydrogens is 558 g/mol. The number of amides is 5. The Hall–Kier alpha value is -5.59. The van der Waals surface area contributed by atoms with Crippen LogP contribution in [-0.4, -0.2) is 62.2 Å². The molecule has 1 saturated heterocycles. The van der Waals surface area contributed by atoms with Gasteiger partial charge in [-0.1, -0.05) is 60.7 Å². The first kappa shape index (κ1) is 30.4. The number of benzene rings is 3. The molecule has 5 amide bonds. The predicted molar refractivity (Wildman–Crippen MR) is 153 cm³/mol. The first-order valence-electron chi connectivity index (χ1n) is 13.3. The fourth-order valence-electron chi connectivity index (χ4n) is 3.94. The number of carbonyl (C=O) groups is 5. The third-order valence-electron chi connectivity index (χ3n) is 6.34. The first-order valence-corrected chi connectivity index (χ1v) is 13.3. The van der Waals surface area contributed by atoms with E-state index >= 15 is 0 Å². The monoisotopic (exact) mass is 589 g/mol. The molecule has 3 atom stereocenters. The van der Waals surface area contributed by atoms with Crippen molar-refractivity contribution >= 4 is 29.9 Å². The van der Waals surface area contributed by atoms with Gasteiger partial charge in [-0.3, -0.25) is 14.4 Å². The maximum absolute atomic E-state index is 13.5. The topological polar surface area (TPSA) is 173 Å². The second-order valence-electron chi connectivity index (χ2n) is 9.36. The van der Waals surface area contributed by atoms with E-state index in [2.05, 4.69) is 26.6 Å². The lowest BCUT2D eigenvalue weighted by Gasteiger charge is -2.29. The average molecular weight is 590 g/mol. The van der Waals surface area contributed by atoms with E-state index in [0.717, 1.165) is 5.56 Å². The summed E-state index contributed by atoms with van der Waals surface area (Å²) in [5.41, 5.74) is 1.16. The van der Waals surface area contributed by atoms with Gasteiger partial charge in [0.15, 0.2) is 0 Å². The highest BCUT2D eigenvalue weighted by Gasteiger charge is 2.34. The van der Waals surface area contributed by atoms with Crippen LogP contribution in [0.2, 0.25) is 0 Å².